The predicted molar refractivity (Wildman–Crippen MR) is 171 cm³/mol. The summed E-state index contributed by atoms with van der Waals surface area (Å²) >= 11 is 0. The number of carbonyl (C=O) groups is 1. The summed E-state index contributed by atoms with van der Waals surface area (Å²) in [6.07, 6.45) is 1.54. The van der Waals surface area contributed by atoms with Crippen LogP contribution in [0.3, 0.4) is 0 Å². The standard InChI is InChI=1S/C36H34BNO5/c1-35(2)36(3,4)43-37(42-35)24(19-23-17-18-33-30(20-23)29-15-9-10-16-32(29)41-33)21-38-34(39)40-22-31-27-13-7-5-11-25(27)26-12-6-8-14-28(26)31/h5-20,31H,21-22H2,1-4H3,(H,38,39). The van der Waals surface area contributed by atoms with Crippen LogP contribution in [0.4, 0.5) is 4.79 Å². The van der Waals surface area contributed by atoms with E-state index in [1.165, 1.54) is 22.3 Å². The summed E-state index contributed by atoms with van der Waals surface area (Å²) in [5.41, 5.74) is 7.12. The minimum Gasteiger partial charge on any atom is -0.456 e. The number of hydrogen-bond donors (Lipinski definition) is 1. The smallest absolute Gasteiger partial charge is 0.456 e. The highest BCUT2D eigenvalue weighted by molar-refractivity contribution is 6.56. The van der Waals surface area contributed by atoms with Crippen molar-refractivity contribution in [2.24, 2.45) is 0 Å². The summed E-state index contributed by atoms with van der Waals surface area (Å²) in [6, 6.07) is 30.7. The van der Waals surface area contributed by atoms with Crippen molar-refractivity contribution in [2.45, 2.75) is 44.8 Å². The Morgan fingerprint density at radius 1 is 0.814 bits per heavy atom. The van der Waals surface area contributed by atoms with Gasteiger partial charge >= 0.3 is 13.2 Å². The number of alkyl carbamates (subject to hydrolysis) is 1. The topological polar surface area (TPSA) is 69.9 Å². The van der Waals surface area contributed by atoms with E-state index < -0.39 is 24.4 Å². The molecule has 43 heavy (non-hydrogen) atoms. The second-order valence-corrected chi connectivity index (χ2v) is 12.3. The van der Waals surface area contributed by atoms with Gasteiger partial charge in [0.2, 0.25) is 0 Å². The molecule has 0 unspecified atom stereocenters. The van der Waals surface area contributed by atoms with Gasteiger partial charge in [0.1, 0.15) is 17.8 Å². The number of nitrogens with one attached hydrogen (secondary N) is 1. The summed E-state index contributed by atoms with van der Waals surface area (Å²) in [5.74, 6) is -0.00669. The van der Waals surface area contributed by atoms with Crippen molar-refractivity contribution >= 4 is 41.2 Å². The van der Waals surface area contributed by atoms with Crippen LogP contribution in [0.2, 0.25) is 0 Å². The zero-order chi connectivity index (χ0) is 29.8. The molecule has 1 saturated heterocycles. The lowest BCUT2D eigenvalue weighted by Crippen LogP contribution is -2.41. The maximum atomic E-state index is 13.1. The predicted octanol–water partition coefficient (Wildman–Crippen LogP) is 8.14. The van der Waals surface area contributed by atoms with Crippen LogP contribution < -0.4 is 5.32 Å². The number of furan rings is 1. The Labute approximate surface area is 251 Å². The number of benzene rings is 4. The SMILES string of the molecule is CC1(C)OB(C(=Cc2ccc3oc4ccccc4c3c2)CNC(=O)OCC2c3ccccc3-c3ccccc32)OC1(C)C. The van der Waals surface area contributed by atoms with Gasteiger partial charge in [0.05, 0.1) is 11.2 Å². The molecule has 2 heterocycles. The van der Waals surface area contributed by atoms with Gasteiger partial charge in [-0.15, -0.1) is 0 Å². The molecule has 0 saturated carbocycles. The number of ether oxygens (including phenoxy) is 1. The quantitative estimate of drug-likeness (QED) is 0.208. The molecule has 1 aromatic heterocycles. The molecule has 0 atom stereocenters. The fourth-order valence-corrected chi connectivity index (χ4v) is 6.07. The molecule has 0 bridgehead atoms. The van der Waals surface area contributed by atoms with Crippen LogP contribution in [-0.2, 0) is 14.0 Å². The lowest BCUT2D eigenvalue weighted by atomic mass is 9.77. The van der Waals surface area contributed by atoms with E-state index in [0.717, 1.165) is 33.0 Å². The Kier molecular flexibility index (Phi) is 6.68. The van der Waals surface area contributed by atoms with Gasteiger partial charge in [-0.05, 0) is 79.2 Å². The zero-order valence-corrected chi connectivity index (χ0v) is 24.8. The second-order valence-electron chi connectivity index (χ2n) is 12.3. The molecule has 1 amide bonds. The molecule has 1 aliphatic carbocycles. The van der Waals surface area contributed by atoms with Crippen molar-refractivity contribution in [2.75, 3.05) is 13.2 Å². The summed E-state index contributed by atoms with van der Waals surface area (Å²) in [5, 5.41) is 5.05. The number of rotatable bonds is 6. The maximum Gasteiger partial charge on any atom is 0.492 e. The molecule has 4 aromatic carbocycles. The van der Waals surface area contributed by atoms with Gasteiger partial charge in [-0.25, -0.2) is 4.79 Å². The van der Waals surface area contributed by atoms with E-state index in [2.05, 4.69) is 41.7 Å². The third-order valence-electron chi connectivity index (χ3n) is 9.09. The Balaban J connectivity index is 1.12. The second kappa shape index (κ2) is 10.4. The van der Waals surface area contributed by atoms with E-state index in [0.29, 0.717) is 0 Å². The summed E-state index contributed by atoms with van der Waals surface area (Å²) < 4.78 is 24.6. The molecule has 0 spiro atoms. The summed E-state index contributed by atoms with van der Waals surface area (Å²) in [6.45, 7) is 8.54. The highest BCUT2D eigenvalue weighted by Crippen LogP contribution is 2.44. The minimum absolute atomic E-state index is 0.00669. The number of hydrogen-bond acceptors (Lipinski definition) is 5. The van der Waals surface area contributed by atoms with Crippen LogP contribution in [0.25, 0.3) is 39.1 Å². The first kappa shape index (κ1) is 27.5. The van der Waals surface area contributed by atoms with E-state index in [-0.39, 0.29) is 19.1 Å². The number of amides is 1. The monoisotopic (exact) mass is 571 g/mol. The molecule has 2 aliphatic rings. The lowest BCUT2D eigenvalue weighted by Gasteiger charge is -2.32. The fourth-order valence-electron chi connectivity index (χ4n) is 6.07. The van der Waals surface area contributed by atoms with Crippen LogP contribution in [-0.4, -0.2) is 37.6 Å². The maximum absolute atomic E-state index is 13.1. The largest absolute Gasteiger partial charge is 0.492 e. The molecule has 6 nitrogen and oxygen atoms in total. The average Bonchev–Trinajstić information content (AvgIpc) is 3.60. The lowest BCUT2D eigenvalue weighted by molar-refractivity contribution is 0.00578. The molecule has 1 fully saturated rings. The van der Waals surface area contributed by atoms with E-state index >= 15 is 0 Å². The molecule has 7 heteroatoms. The fraction of sp³-hybridized carbons (Fsp3) is 0.250. The molecule has 1 aliphatic heterocycles. The number of para-hydroxylation sites is 1. The highest BCUT2D eigenvalue weighted by atomic mass is 16.7. The molecule has 216 valence electrons. The number of fused-ring (bicyclic) bond motifs is 6. The van der Waals surface area contributed by atoms with Crippen LogP contribution in [0.15, 0.2) is 101 Å². The van der Waals surface area contributed by atoms with Crippen molar-refractivity contribution in [1.82, 2.24) is 5.32 Å². The van der Waals surface area contributed by atoms with Crippen LogP contribution in [0.1, 0.15) is 50.3 Å². The molecule has 1 N–H and O–H groups in total. The summed E-state index contributed by atoms with van der Waals surface area (Å²) in [4.78, 5) is 13.1. The van der Waals surface area contributed by atoms with Gasteiger partial charge in [0, 0.05) is 23.2 Å². The van der Waals surface area contributed by atoms with Gasteiger partial charge < -0.3 is 23.8 Å². The highest BCUT2D eigenvalue weighted by Gasteiger charge is 2.52. The van der Waals surface area contributed by atoms with E-state index in [4.69, 9.17) is 18.5 Å². The molecular formula is C36H34BNO5. The first-order valence-electron chi connectivity index (χ1n) is 14.8. The molecule has 5 aromatic rings. The molecular weight excluding hydrogens is 537 g/mol. The zero-order valence-electron chi connectivity index (χ0n) is 24.8. The van der Waals surface area contributed by atoms with Gasteiger partial charge in [-0.1, -0.05) is 78.9 Å². The van der Waals surface area contributed by atoms with Crippen molar-refractivity contribution in [3.05, 3.63) is 113 Å². The van der Waals surface area contributed by atoms with Crippen molar-refractivity contribution in [1.29, 1.82) is 0 Å². The van der Waals surface area contributed by atoms with Gasteiger partial charge in [-0.3, -0.25) is 0 Å². The van der Waals surface area contributed by atoms with Crippen LogP contribution in [0.5, 0.6) is 0 Å². The molecule has 0 radical (unpaired) electrons. The van der Waals surface area contributed by atoms with E-state index in [1.807, 2.05) is 88.4 Å². The average molecular weight is 571 g/mol. The number of carbonyl (C=O) groups excluding carboxylic acids is 1. The van der Waals surface area contributed by atoms with Gasteiger partial charge in [0.25, 0.3) is 0 Å². The van der Waals surface area contributed by atoms with Gasteiger partial charge in [0.15, 0.2) is 0 Å². The Bertz CT molecular complexity index is 1830. The van der Waals surface area contributed by atoms with Crippen LogP contribution in [0, 0.1) is 0 Å². The van der Waals surface area contributed by atoms with E-state index in [1.54, 1.807) is 0 Å². The first-order valence-corrected chi connectivity index (χ1v) is 14.8. The summed E-state index contributed by atoms with van der Waals surface area (Å²) in [7, 11) is -0.629. The van der Waals surface area contributed by atoms with Crippen molar-refractivity contribution in [3.63, 3.8) is 0 Å². The minimum atomic E-state index is -0.629. The Morgan fingerprint density at radius 3 is 2.12 bits per heavy atom. The third kappa shape index (κ3) is 4.92. The Morgan fingerprint density at radius 2 is 1.42 bits per heavy atom. The third-order valence-corrected chi connectivity index (χ3v) is 9.09. The van der Waals surface area contributed by atoms with Crippen molar-refractivity contribution < 1.29 is 23.3 Å². The van der Waals surface area contributed by atoms with E-state index in [9.17, 15) is 4.79 Å². The van der Waals surface area contributed by atoms with Gasteiger partial charge in [-0.2, -0.15) is 0 Å². The van der Waals surface area contributed by atoms with Crippen LogP contribution >= 0.6 is 0 Å². The normalized spacial score (nSPS) is 17.3. The Hall–Kier alpha value is -4.33. The van der Waals surface area contributed by atoms with Crippen molar-refractivity contribution in [3.8, 4) is 11.1 Å². The molecule has 7 rings (SSSR count). The first-order chi connectivity index (χ1) is 20.7.